The SMILES string of the molecule is O=C(C=Cc1ccc(OC(F)F)cc1)Nc1ccc(Cl)cc1F. The summed E-state index contributed by atoms with van der Waals surface area (Å²) in [5.74, 6) is -1.17. The van der Waals surface area contributed by atoms with Crippen molar-refractivity contribution in [2.24, 2.45) is 0 Å². The number of halogens is 4. The van der Waals surface area contributed by atoms with Crippen LogP contribution >= 0.6 is 11.6 Å². The van der Waals surface area contributed by atoms with E-state index in [2.05, 4.69) is 10.1 Å². The maximum Gasteiger partial charge on any atom is 0.387 e. The minimum absolute atomic E-state index is 0.00438. The molecule has 0 radical (unpaired) electrons. The summed E-state index contributed by atoms with van der Waals surface area (Å²) in [5.41, 5.74) is 0.600. The van der Waals surface area contributed by atoms with Crippen LogP contribution in [0.2, 0.25) is 5.02 Å². The van der Waals surface area contributed by atoms with Crippen LogP contribution in [0.1, 0.15) is 5.56 Å². The van der Waals surface area contributed by atoms with Crippen molar-refractivity contribution in [1.29, 1.82) is 0 Å². The van der Waals surface area contributed by atoms with Crippen LogP contribution in [0.15, 0.2) is 48.5 Å². The summed E-state index contributed by atoms with van der Waals surface area (Å²) >= 11 is 5.62. The Morgan fingerprint density at radius 2 is 1.87 bits per heavy atom. The van der Waals surface area contributed by atoms with E-state index in [0.717, 1.165) is 6.07 Å². The first-order valence-electron chi connectivity index (χ1n) is 6.43. The van der Waals surface area contributed by atoms with E-state index >= 15 is 0 Å². The van der Waals surface area contributed by atoms with Crippen LogP contribution in [-0.2, 0) is 4.79 Å². The molecule has 120 valence electrons. The fraction of sp³-hybridized carbons (Fsp3) is 0.0625. The number of rotatable bonds is 5. The number of hydrogen-bond donors (Lipinski definition) is 1. The summed E-state index contributed by atoms with van der Waals surface area (Å²) in [6, 6.07) is 9.59. The third-order valence-electron chi connectivity index (χ3n) is 2.72. The zero-order valence-electron chi connectivity index (χ0n) is 11.6. The average Bonchev–Trinajstić information content (AvgIpc) is 2.49. The molecular formula is C16H11ClF3NO2. The van der Waals surface area contributed by atoms with E-state index in [1.165, 1.54) is 48.6 Å². The standard InChI is InChI=1S/C16H11ClF3NO2/c17-11-4-7-14(13(18)9-11)21-15(22)8-3-10-1-5-12(6-2-10)23-16(19)20/h1-9,16H,(H,21,22). The van der Waals surface area contributed by atoms with Crippen LogP contribution in [0.3, 0.4) is 0 Å². The topological polar surface area (TPSA) is 38.3 Å². The molecule has 2 rings (SSSR count). The molecule has 0 aliphatic carbocycles. The lowest BCUT2D eigenvalue weighted by molar-refractivity contribution is -0.111. The normalized spacial score (nSPS) is 11.0. The molecule has 0 aromatic heterocycles. The summed E-state index contributed by atoms with van der Waals surface area (Å²) in [6.07, 6.45) is 2.65. The molecule has 0 saturated heterocycles. The lowest BCUT2D eigenvalue weighted by Gasteiger charge is -2.04. The van der Waals surface area contributed by atoms with Crippen molar-refractivity contribution in [1.82, 2.24) is 0 Å². The highest BCUT2D eigenvalue weighted by atomic mass is 35.5. The lowest BCUT2D eigenvalue weighted by atomic mass is 10.2. The number of anilines is 1. The van der Waals surface area contributed by atoms with Crippen molar-refractivity contribution in [3.05, 3.63) is 64.9 Å². The predicted molar refractivity (Wildman–Crippen MR) is 82.1 cm³/mol. The number of carbonyl (C=O) groups excluding carboxylic acids is 1. The van der Waals surface area contributed by atoms with E-state index < -0.39 is 18.3 Å². The number of amides is 1. The third-order valence-corrected chi connectivity index (χ3v) is 2.96. The first kappa shape index (κ1) is 16.9. The van der Waals surface area contributed by atoms with Crippen LogP contribution in [-0.4, -0.2) is 12.5 Å². The Bertz CT molecular complexity index is 718. The van der Waals surface area contributed by atoms with Crippen molar-refractivity contribution in [2.45, 2.75) is 6.61 Å². The molecule has 23 heavy (non-hydrogen) atoms. The van der Waals surface area contributed by atoms with E-state index in [1.54, 1.807) is 0 Å². The van der Waals surface area contributed by atoms with Gasteiger partial charge < -0.3 is 10.1 Å². The molecule has 0 aliphatic heterocycles. The molecule has 2 aromatic rings. The van der Waals surface area contributed by atoms with Gasteiger partial charge in [0.1, 0.15) is 11.6 Å². The quantitative estimate of drug-likeness (QED) is 0.798. The molecule has 7 heteroatoms. The zero-order chi connectivity index (χ0) is 16.8. The molecule has 0 aliphatic rings. The minimum atomic E-state index is -2.89. The van der Waals surface area contributed by atoms with Gasteiger partial charge in [0.15, 0.2) is 0 Å². The lowest BCUT2D eigenvalue weighted by Crippen LogP contribution is -2.09. The van der Waals surface area contributed by atoms with Crippen molar-refractivity contribution in [3.8, 4) is 5.75 Å². The molecule has 2 aromatic carbocycles. The fourth-order valence-electron chi connectivity index (χ4n) is 1.70. The number of carbonyl (C=O) groups is 1. The van der Waals surface area contributed by atoms with Gasteiger partial charge in [0.25, 0.3) is 0 Å². The van der Waals surface area contributed by atoms with E-state index in [4.69, 9.17) is 11.6 Å². The second kappa shape index (κ2) is 7.69. The van der Waals surface area contributed by atoms with E-state index in [0.29, 0.717) is 5.56 Å². The Morgan fingerprint density at radius 1 is 1.17 bits per heavy atom. The summed E-state index contributed by atoms with van der Waals surface area (Å²) < 4.78 is 41.8. The monoisotopic (exact) mass is 341 g/mol. The maximum atomic E-state index is 13.5. The van der Waals surface area contributed by atoms with E-state index in [-0.39, 0.29) is 16.5 Å². The number of alkyl halides is 2. The number of nitrogens with one attached hydrogen (secondary N) is 1. The summed E-state index contributed by atoms with van der Waals surface area (Å²) in [4.78, 5) is 11.7. The summed E-state index contributed by atoms with van der Waals surface area (Å²) in [7, 11) is 0. The Morgan fingerprint density at radius 3 is 2.48 bits per heavy atom. The molecule has 0 saturated carbocycles. The maximum absolute atomic E-state index is 13.5. The molecule has 0 unspecified atom stereocenters. The van der Waals surface area contributed by atoms with Crippen molar-refractivity contribution in [3.63, 3.8) is 0 Å². The second-order valence-corrected chi connectivity index (χ2v) is 4.83. The average molecular weight is 342 g/mol. The molecular weight excluding hydrogens is 331 g/mol. The van der Waals surface area contributed by atoms with E-state index in [9.17, 15) is 18.0 Å². The second-order valence-electron chi connectivity index (χ2n) is 4.39. The minimum Gasteiger partial charge on any atom is -0.435 e. The van der Waals surface area contributed by atoms with E-state index in [1.807, 2.05) is 0 Å². The highest BCUT2D eigenvalue weighted by molar-refractivity contribution is 6.30. The van der Waals surface area contributed by atoms with Crippen LogP contribution < -0.4 is 10.1 Å². The highest BCUT2D eigenvalue weighted by Crippen LogP contribution is 2.19. The molecule has 1 N–H and O–H groups in total. The predicted octanol–water partition coefficient (Wildman–Crippen LogP) is 4.73. The van der Waals surface area contributed by atoms with Gasteiger partial charge in [-0.25, -0.2) is 4.39 Å². The van der Waals surface area contributed by atoms with Crippen molar-refractivity contribution < 1.29 is 22.7 Å². The number of hydrogen-bond acceptors (Lipinski definition) is 2. The Labute approximate surface area is 135 Å². The zero-order valence-corrected chi connectivity index (χ0v) is 12.4. The molecule has 0 bridgehead atoms. The first-order valence-corrected chi connectivity index (χ1v) is 6.81. The van der Waals surface area contributed by atoms with Gasteiger partial charge in [0.2, 0.25) is 5.91 Å². The van der Waals surface area contributed by atoms with Crippen LogP contribution in [0.4, 0.5) is 18.9 Å². The van der Waals surface area contributed by atoms with Gasteiger partial charge in [-0.1, -0.05) is 23.7 Å². The van der Waals surface area contributed by atoms with Gasteiger partial charge >= 0.3 is 6.61 Å². The van der Waals surface area contributed by atoms with Gasteiger partial charge in [-0.3, -0.25) is 4.79 Å². The van der Waals surface area contributed by atoms with Crippen molar-refractivity contribution in [2.75, 3.05) is 5.32 Å². The molecule has 0 heterocycles. The largest absolute Gasteiger partial charge is 0.435 e. The Kier molecular flexibility index (Phi) is 5.65. The van der Waals surface area contributed by atoms with Crippen LogP contribution in [0, 0.1) is 5.82 Å². The molecule has 3 nitrogen and oxygen atoms in total. The van der Waals surface area contributed by atoms with Gasteiger partial charge in [0.05, 0.1) is 5.69 Å². The Hall–Kier alpha value is -2.47. The molecule has 0 fully saturated rings. The van der Waals surface area contributed by atoms with Crippen LogP contribution in [0.25, 0.3) is 6.08 Å². The number of ether oxygens (including phenoxy) is 1. The molecule has 0 spiro atoms. The van der Waals surface area contributed by atoms with Gasteiger partial charge in [-0.2, -0.15) is 8.78 Å². The number of benzene rings is 2. The van der Waals surface area contributed by atoms with Crippen LogP contribution in [0.5, 0.6) is 5.75 Å². The Balaban J connectivity index is 1.97. The molecule has 1 amide bonds. The smallest absolute Gasteiger partial charge is 0.387 e. The summed E-state index contributed by atoms with van der Waals surface area (Å²) in [5, 5.41) is 2.59. The highest BCUT2D eigenvalue weighted by Gasteiger charge is 2.05. The fourth-order valence-corrected chi connectivity index (χ4v) is 1.86. The van der Waals surface area contributed by atoms with Gasteiger partial charge in [-0.15, -0.1) is 0 Å². The van der Waals surface area contributed by atoms with Crippen molar-refractivity contribution >= 4 is 29.3 Å². The first-order chi connectivity index (χ1) is 10.9. The summed E-state index contributed by atoms with van der Waals surface area (Å²) in [6.45, 7) is -2.89. The van der Waals surface area contributed by atoms with Gasteiger partial charge in [0, 0.05) is 11.1 Å². The molecule has 0 atom stereocenters. The van der Waals surface area contributed by atoms with Gasteiger partial charge in [-0.05, 0) is 42.0 Å². The third kappa shape index (κ3) is 5.34.